The molecule has 0 bridgehead atoms. The number of hydrogen-bond acceptors (Lipinski definition) is 5. The van der Waals surface area contributed by atoms with Crippen LogP contribution in [0.25, 0.3) is 0 Å². The van der Waals surface area contributed by atoms with Gasteiger partial charge in [0.05, 0.1) is 10.3 Å². The number of hydrogen-bond donors (Lipinski definition) is 2. The largest absolute Gasteiger partial charge is 0.458 e. The molecule has 8 heteroatoms. The molecule has 2 amide bonds. The summed E-state index contributed by atoms with van der Waals surface area (Å²) in [7, 11) is -4.00. The summed E-state index contributed by atoms with van der Waals surface area (Å²) in [6.45, 7) is 12.1. The maximum atomic E-state index is 13.1. The van der Waals surface area contributed by atoms with E-state index in [1.54, 1.807) is 50.3 Å². The van der Waals surface area contributed by atoms with Crippen molar-refractivity contribution in [2.75, 3.05) is 0 Å². The van der Waals surface area contributed by atoms with Gasteiger partial charge in [0.25, 0.3) is 0 Å². The van der Waals surface area contributed by atoms with Gasteiger partial charge in [0.1, 0.15) is 11.5 Å². The van der Waals surface area contributed by atoms with Gasteiger partial charge in [-0.25, -0.2) is 13.1 Å². The lowest BCUT2D eigenvalue weighted by molar-refractivity contribution is -0.133. The molecule has 2 N–H and O–H groups in total. The first-order chi connectivity index (χ1) is 16.4. The summed E-state index contributed by atoms with van der Waals surface area (Å²) in [6.07, 6.45) is 5.53. The van der Waals surface area contributed by atoms with E-state index >= 15 is 0 Å². The summed E-state index contributed by atoms with van der Waals surface area (Å²) in [5.41, 5.74) is 0.270. The van der Waals surface area contributed by atoms with Crippen molar-refractivity contribution >= 4 is 21.8 Å². The highest BCUT2D eigenvalue weighted by Gasteiger charge is 2.43. The lowest BCUT2D eigenvalue weighted by Crippen LogP contribution is -2.56. The summed E-state index contributed by atoms with van der Waals surface area (Å²) in [6, 6.07) is 13.7. The van der Waals surface area contributed by atoms with Gasteiger partial charge in [-0.2, -0.15) is 0 Å². The number of amides is 2. The molecular weight excluding hydrogens is 464 g/mol. The Hall–Kier alpha value is -3.49. The topological polar surface area (TPSA) is 102 Å². The first-order valence-electron chi connectivity index (χ1n) is 11.1. The molecule has 2 aromatic carbocycles. The molecule has 0 saturated carbocycles. The molecule has 0 heterocycles. The fraction of sp³-hybridized carbons (Fsp3) is 0.259. The summed E-state index contributed by atoms with van der Waals surface area (Å²) in [5, 5.41) is 2.29. The predicted molar refractivity (Wildman–Crippen MR) is 137 cm³/mol. The van der Waals surface area contributed by atoms with Gasteiger partial charge in [0.2, 0.25) is 21.8 Å². The van der Waals surface area contributed by atoms with Gasteiger partial charge in [-0.1, -0.05) is 54.6 Å². The summed E-state index contributed by atoms with van der Waals surface area (Å²) in [5.74, 6) is -0.293. The molecule has 0 aliphatic carbocycles. The third kappa shape index (κ3) is 7.24. The van der Waals surface area contributed by atoms with E-state index in [2.05, 4.69) is 16.6 Å². The number of ether oxygens (including phenoxy) is 1. The van der Waals surface area contributed by atoms with E-state index in [0.717, 1.165) is 5.57 Å². The van der Waals surface area contributed by atoms with Gasteiger partial charge in [-0.15, -0.1) is 0 Å². The summed E-state index contributed by atoms with van der Waals surface area (Å²) >= 11 is 0. The quantitative estimate of drug-likeness (QED) is 0.375. The van der Waals surface area contributed by atoms with Gasteiger partial charge < -0.3 is 4.74 Å². The number of benzene rings is 2. The molecule has 0 aromatic heterocycles. The van der Waals surface area contributed by atoms with E-state index < -0.39 is 33.3 Å². The zero-order valence-corrected chi connectivity index (χ0v) is 21.5. The molecular formula is C27H32N2O5S. The Labute approximate surface area is 207 Å². The number of carbonyl (C=O) groups is 2. The maximum absolute atomic E-state index is 13.1. The minimum Gasteiger partial charge on any atom is -0.458 e. The number of rotatable bonds is 10. The zero-order valence-electron chi connectivity index (χ0n) is 20.7. The molecule has 0 unspecified atom stereocenters. The van der Waals surface area contributed by atoms with Crippen molar-refractivity contribution in [3.63, 3.8) is 0 Å². The van der Waals surface area contributed by atoms with Crippen LogP contribution >= 0.6 is 0 Å². The lowest BCUT2D eigenvalue weighted by atomic mass is 9.76. The van der Waals surface area contributed by atoms with Crippen molar-refractivity contribution in [3.8, 4) is 5.75 Å². The van der Waals surface area contributed by atoms with Crippen LogP contribution in [0.2, 0.25) is 0 Å². The Morgan fingerprint density at radius 2 is 1.63 bits per heavy atom. The van der Waals surface area contributed by atoms with Crippen LogP contribution < -0.4 is 14.8 Å². The molecule has 0 radical (unpaired) electrons. The van der Waals surface area contributed by atoms with Crippen molar-refractivity contribution in [2.24, 2.45) is 0 Å². The molecule has 0 aliphatic rings. The Morgan fingerprint density at radius 3 is 2.17 bits per heavy atom. The van der Waals surface area contributed by atoms with Crippen LogP contribution in [0.5, 0.6) is 5.75 Å². The van der Waals surface area contributed by atoms with Gasteiger partial charge in [0.15, 0.2) is 0 Å². The standard InChI is InChI=1S/C27H32N2O5S/c1-7-19(2)13-14-20(3)34-24-15-17-25(18-16-24)35(32,33)29-21(4)27(6,26(31)28-22(5)30)23-11-9-8-10-12-23/h7-18,21,29H,3H2,1-2,4-6H3,(H,28,30,31)/b14-13-,19-7-/t21-,27-/m1/s1. The molecule has 0 aliphatic heterocycles. The fourth-order valence-electron chi connectivity index (χ4n) is 3.26. The van der Waals surface area contributed by atoms with Crippen LogP contribution in [0.4, 0.5) is 0 Å². The monoisotopic (exact) mass is 496 g/mol. The number of allylic oxidation sites excluding steroid dienone is 4. The molecule has 186 valence electrons. The van der Waals surface area contributed by atoms with Crippen LogP contribution in [0, 0.1) is 0 Å². The third-order valence-corrected chi connectivity index (χ3v) is 7.26. The SMILES string of the molecule is C=C(/C=C\C(C)=C/C)Oc1ccc(S(=O)(=O)N[C@H](C)[C@@](C)(C(=O)NC(C)=O)c2ccccc2)cc1. The second-order valence-electron chi connectivity index (χ2n) is 8.33. The van der Waals surface area contributed by atoms with Crippen molar-refractivity contribution < 1.29 is 22.7 Å². The van der Waals surface area contributed by atoms with Crippen molar-refractivity contribution in [2.45, 2.75) is 51.0 Å². The van der Waals surface area contributed by atoms with E-state index in [9.17, 15) is 18.0 Å². The van der Waals surface area contributed by atoms with Gasteiger partial charge >= 0.3 is 0 Å². The molecule has 0 spiro atoms. The van der Waals surface area contributed by atoms with Crippen LogP contribution in [0.15, 0.2) is 95.6 Å². The lowest BCUT2D eigenvalue weighted by Gasteiger charge is -2.34. The molecule has 2 aromatic rings. The average molecular weight is 497 g/mol. The van der Waals surface area contributed by atoms with Crippen LogP contribution in [0.1, 0.15) is 40.2 Å². The van der Waals surface area contributed by atoms with E-state index in [1.165, 1.54) is 31.2 Å². The van der Waals surface area contributed by atoms with Crippen molar-refractivity contribution in [1.82, 2.24) is 10.0 Å². The van der Waals surface area contributed by atoms with Gasteiger partial charge in [0, 0.05) is 13.0 Å². The second-order valence-corrected chi connectivity index (χ2v) is 10.0. The normalized spacial score (nSPS) is 14.7. The van der Waals surface area contributed by atoms with Crippen molar-refractivity contribution in [3.05, 3.63) is 96.3 Å². The molecule has 0 fully saturated rings. The highest BCUT2D eigenvalue weighted by atomic mass is 32.2. The van der Waals surface area contributed by atoms with Crippen LogP contribution in [-0.2, 0) is 25.0 Å². The summed E-state index contributed by atoms with van der Waals surface area (Å²) < 4.78 is 34.5. The minimum atomic E-state index is -4.00. The Morgan fingerprint density at radius 1 is 1.03 bits per heavy atom. The van der Waals surface area contributed by atoms with Crippen LogP contribution in [0.3, 0.4) is 0 Å². The van der Waals surface area contributed by atoms with E-state index in [0.29, 0.717) is 17.1 Å². The molecule has 35 heavy (non-hydrogen) atoms. The fourth-order valence-corrected chi connectivity index (χ4v) is 4.59. The highest BCUT2D eigenvalue weighted by Crippen LogP contribution is 2.29. The smallest absolute Gasteiger partial charge is 0.240 e. The van der Waals surface area contributed by atoms with E-state index in [-0.39, 0.29) is 4.90 Å². The minimum absolute atomic E-state index is 0.00463. The highest BCUT2D eigenvalue weighted by molar-refractivity contribution is 7.89. The molecule has 0 saturated heterocycles. The molecule has 2 atom stereocenters. The first kappa shape index (κ1) is 27.8. The zero-order chi connectivity index (χ0) is 26.2. The number of imide groups is 1. The number of carbonyl (C=O) groups excluding carboxylic acids is 2. The van der Waals surface area contributed by atoms with Crippen LogP contribution in [-0.4, -0.2) is 26.3 Å². The molecule has 2 rings (SSSR count). The Balaban J connectivity index is 2.25. The third-order valence-electron chi connectivity index (χ3n) is 5.70. The van der Waals surface area contributed by atoms with Gasteiger partial charge in [-0.05, 0) is 63.6 Å². The van der Waals surface area contributed by atoms with E-state index in [4.69, 9.17) is 4.74 Å². The predicted octanol–water partition coefficient (Wildman–Crippen LogP) is 4.39. The van der Waals surface area contributed by atoms with Gasteiger partial charge in [-0.3, -0.25) is 14.9 Å². The first-order valence-corrected chi connectivity index (χ1v) is 12.6. The average Bonchev–Trinajstić information content (AvgIpc) is 2.82. The Bertz CT molecular complexity index is 1230. The summed E-state index contributed by atoms with van der Waals surface area (Å²) in [4.78, 5) is 24.6. The second kappa shape index (κ2) is 11.8. The maximum Gasteiger partial charge on any atom is 0.240 e. The molecule has 7 nitrogen and oxygen atoms in total. The number of nitrogens with one attached hydrogen (secondary N) is 2. The van der Waals surface area contributed by atoms with E-state index in [1.807, 2.05) is 26.0 Å². The number of sulfonamides is 1. The van der Waals surface area contributed by atoms with Crippen molar-refractivity contribution in [1.29, 1.82) is 0 Å². The Kier molecular flexibility index (Phi) is 9.33.